The molecule has 76 valence electrons. The number of H-pyrrole nitrogens is 1. The zero-order valence-electron chi connectivity index (χ0n) is 7.44. The van der Waals surface area contributed by atoms with Crippen molar-refractivity contribution in [2.24, 2.45) is 0 Å². The highest BCUT2D eigenvalue weighted by atomic mass is 79.9. The van der Waals surface area contributed by atoms with Gasteiger partial charge < -0.3 is 10.7 Å². The van der Waals surface area contributed by atoms with E-state index < -0.39 is 0 Å². The number of hydrogen-bond donors (Lipinski definition) is 2. The summed E-state index contributed by atoms with van der Waals surface area (Å²) in [6.45, 7) is 0. The molecule has 3 N–H and O–H groups in total. The molecular formula is C8H6BrN5S. The maximum absolute atomic E-state index is 5.53. The number of aromatic nitrogens is 4. The molecule has 15 heavy (non-hydrogen) atoms. The molecule has 0 fully saturated rings. The lowest BCUT2D eigenvalue weighted by atomic mass is 10.3. The molecule has 7 heteroatoms. The molecule has 0 saturated heterocycles. The Morgan fingerprint density at radius 3 is 2.87 bits per heavy atom. The lowest BCUT2D eigenvalue weighted by molar-refractivity contribution is 1.03. The summed E-state index contributed by atoms with van der Waals surface area (Å²) in [6, 6.07) is 3.67. The molecule has 0 amide bonds. The van der Waals surface area contributed by atoms with E-state index in [2.05, 4.69) is 35.9 Å². The average Bonchev–Trinajstić information content (AvgIpc) is 2.16. The normalized spacial score (nSPS) is 10.2. The number of nitrogen functional groups attached to an aromatic ring is 1. The summed E-state index contributed by atoms with van der Waals surface area (Å²) < 4.78 is 1.01. The third-order valence-corrected chi connectivity index (χ3v) is 2.48. The van der Waals surface area contributed by atoms with Crippen LogP contribution in [0.3, 0.4) is 0 Å². The number of nitrogens with two attached hydrogens (primary N) is 1. The number of pyridine rings is 1. The first kappa shape index (κ1) is 10.2. The molecule has 0 unspecified atom stereocenters. The second-order valence-electron chi connectivity index (χ2n) is 2.70. The number of aromatic amines is 1. The minimum absolute atomic E-state index is 0.193. The van der Waals surface area contributed by atoms with Gasteiger partial charge in [-0.3, -0.25) is 4.98 Å². The SMILES string of the molecule is Nc1nc(=S)nc(-c2ncccc2Br)[nH]1. The van der Waals surface area contributed by atoms with Gasteiger partial charge in [0.15, 0.2) is 5.82 Å². The lowest BCUT2D eigenvalue weighted by Crippen LogP contribution is -2.01. The van der Waals surface area contributed by atoms with Gasteiger partial charge >= 0.3 is 0 Å². The molecule has 2 heterocycles. The van der Waals surface area contributed by atoms with Gasteiger partial charge in [-0.05, 0) is 40.3 Å². The molecule has 0 atom stereocenters. The summed E-state index contributed by atoms with van der Waals surface area (Å²) in [7, 11) is 0. The van der Waals surface area contributed by atoms with E-state index >= 15 is 0 Å². The average molecular weight is 284 g/mol. The predicted molar refractivity (Wildman–Crippen MR) is 62.6 cm³/mol. The summed E-state index contributed by atoms with van der Waals surface area (Å²) in [6.07, 6.45) is 1.66. The van der Waals surface area contributed by atoms with E-state index in [4.69, 9.17) is 18.0 Å². The van der Waals surface area contributed by atoms with E-state index in [1.54, 1.807) is 6.20 Å². The monoisotopic (exact) mass is 283 g/mol. The van der Waals surface area contributed by atoms with Gasteiger partial charge in [-0.15, -0.1) is 0 Å². The summed E-state index contributed by atoms with van der Waals surface area (Å²) in [5, 5.41) is 0. The van der Waals surface area contributed by atoms with Gasteiger partial charge in [-0.2, -0.15) is 9.97 Å². The van der Waals surface area contributed by atoms with Crippen LogP contribution >= 0.6 is 28.1 Å². The molecular weight excluding hydrogens is 278 g/mol. The van der Waals surface area contributed by atoms with Crippen molar-refractivity contribution in [2.75, 3.05) is 5.73 Å². The highest BCUT2D eigenvalue weighted by Gasteiger charge is 2.06. The topological polar surface area (TPSA) is 80.5 Å². The first-order chi connectivity index (χ1) is 7.16. The number of anilines is 1. The highest BCUT2D eigenvalue weighted by Crippen LogP contribution is 2.22. The smallest absolute Gasteiger partial charge is 0.224 e. The Morgan fingerprint density at radius 2 is 2.20 bits per heavy atom. The van der Waals surface area contributed by atoms with Crippen LogP contribution in [0.2, 0.25) is 0 Å². The molecule has 0 saturated carbocycles. The largest absolute Gasteiger partial charge is 0.369 e. The Morgan fingerprint density at radius 1 is 1.40 bits per heavy atom. The second kappa shape index (κ2) is 4.03. The number of nitrogens with one attached hydrogen (secondary N) is 1. The molecule has 0 aromatic carbocycles. The Kier molecular flexibility index (Phi) is 2.74. The molecule has 0 radical (unpaired) electrons. The van der Waals surface area contributed by atoms with Crippen molar-refractivity contribution >= 4 is 34.1 Å². The third-order valence-electron chi connectivity index (χ3n) is 1.65. The zero-order valence-corrected chi connectivity index (χ0v) is 9.84. The fourth-order valence-electron chi connectivity index (χ4n) is 1.07. The molecule has 0 bridgehead atoms. The van der Waals surface area contributed by atoms with Crippen molar-refractivity contribution < 1.29 is 0 Å². The minimum atomic E-state index is 0.193. The van der Waals surface area contributed by atoms with Crippen molar-refractivity contribution in [1.29, 1.82) is 0 Å². The van der Waals surface area contributed by atoms with Crippen molar-refractivity contribution in [3.05, 3.63) is 27.6 Å². The van der Waals surface area contributed by atoms with Gasteiger partial charge in [-0.1, -0.05) is 0 Å². The Hall–Kier alpha value is -1.34. The molecule has 0 aliphatic heterocycles. The Labute approximate surface area is 98.9 Å². The quantitative estimate of drug-likeness (QED) is 0.782. The maximum atomic E-state index is 5.53. The van der Waals surface area contributed by atoms with Crippen LogP contribution < -0.4 is 5.73 Å². The summed E-state index contributed by atoms with van der Waals surface area (Å²) in [5.74, 6) is 0.725. The lowest BCUT2D eigenvalue weighted by Gasteiger charge is -2.02. The van der Waals surface area contributed by atoms with Crippen LogP contribution in [0.15, 0.2) is 22.8 Å². The molecule has 0 spiro atoms. The summed E-state index contributed by atoms with van der Waals surface area (Å²) in [5.41, 5.74) is 6.18. The number of hydrogen-bond acceptors (Lipinski definition) is 5. The van der Waals surface area contributed by atoms with E-state index in [0.29, 0.717) is 11.5 Å². The van der Waals surface area contributed by atoms with Crippen LogP contribution in [0.5, 0.6) is 0 Å². The van der Waals surface area contributed by atoms with E-state index in [0.717, 1.165) is 4.47 Å². The van der Waals surface area contributed by atoms with E-state index in [-0.39, 0.29) is 10.7 Å². The van der Waals surface area contributed by atoms with Gasteiger partial charge in [0.2, 0.25) is 10.7 Å². The fourth-order valence-corrected chi connectivity index (χ4v) is 1.71. The van der Waals surface area contributed by atoms with Crippen molar-refractivity contribution in [1.82, 2.24) is 19.9 Å². The molecule has 2 rings (SSSR count). The number of rotatable bonds is 1. The molecule has 2 aromatic heterocycles. The van der Waals surface area contributed by atoms with Gasteiger partial charge in [0.05, 0.1) is 0 Å². The van der Waals surface area contributed by atoms with Gasteiger partial charge in [-0.25, -0.2) is 0 Å². The molecule has 5 nitrogen and oxygen atoms in total. The van der Waals surface area contributed by atoms with Crippen molar-refractivity contribution in [3.63, 3.8) is 0 Å². The Balaban J connectivity index is 2.64. The van der Waals surface area contributed by atoms with E-state index in [1.807, 2.05) is 12.1 Å². The first-order valence-corrected chi connectivity index (χ1v) is 5.21. The maximum Gasteiger partial charge on any atom is 0.224 e. The number of halogens is 1. The Bertz CT molecular complexity index is 553. The molecule has 2 aromatic rings. The van der Waals surface area contributed by atoms with Crippen LogP contribution in [-0.4, -0.2) is 19.9 Å². The second-order valence-corrected chi connectivity index (χ2v) is 3.92. The van der Waals surface area contributed by atoms with Gasteiger partial charge in [0.1, 0.15) is 5.69 Å². The van der Waals surface area contributed by atoms with Crippen LogP contribution in [0.1, 0.15) is 0 Å². The molecule has 0 aliphatic carbocycles. The van der Waals surface area contributed by atoms with Crippen molar-refractivity contribution in [3.8, 4) is 11.5 Å². The predicted octanol–water partition coefficient (Wildman–Crippen LogP) is 1.94. The highest BCUT2D eigenvalue weighted by molar-refractivity contribution is 9.10. The molecule has 0 aliphatic rings. The fraction of sp³-hybridized carbons (Fsp3) is 0. The number of nitrogens with zero attached hydrogens (tertiary/aromatic N) is 3. The zero-order chi connectivity index (χ0) is 10.8. The first-order valence-electron chi connectivity index (χ1n) is 4.01. The van der Waals surface area contributed by atoms with Crippen molar-refractivity contribution in [2.45, 2.75) is 0 Å². The van der Waals surface area contributed by atoms with Crippen LogP contribution in [-0.2, 0) is 0 Å². The summed E-state index contributed by atoms with van der Waals surface area (Å²) >= 11 is 8.23. The van der Waals surface area contributed by atoms with Crippen LogP contribution in [0.4, 0.5) is 5.95 Å². The third kappa shape index (κ3) is 2.18. The van der Waals surface area contributed by atoms with Gasteiger partial charge in [0.25, 0.3) is 0 Å². The van der Waals surface area contributed by atoms with Gasteiger partial charge in [0, 0.05) is 10.7 Å². The van der Waals surface area contributed by atoms with Crippen LogP contribution in [0.25, 0.3) is 11.5 Å². The van der Waals surface area contributed by atoms with E-state index in [9.17, 15) is 0 Å². The standard InChI is InChI=1S/C8H6BrN5S/c9-4-2-1-3-11-5(4)6-12-7(10)14-8(15)13-6/h1-3H,(H3,10,12,13,14,15). The van der Waals surface area contributed by atoms with E-state index in [1.165, 1.54) is 0 Å². The summed E-state index contributed by atoms with van der Waals surface area (Å²) in [4.78, 5) is 14.8. The minimum Gasteiger partial charge on any atom is -0.369 e. The van der Waals surface area contributed by atoms with Crippen LogP contribution in [0, 0.1) is 4.77 Å².